The van der Waals surface area contributed by atoms with E-state index in [9.17, 15) is 4.79 Å². The lowest BCUT2D eigenvalue weighted by atomic mass is 10.1. The summed E-state index contributed by atoms with van der Waals surface area (Å²) in [6.45, 7) is 5.19. The van der Waals surface area contributed by atoms with Gasteiger partial charge in [-0.05, 0) is 32.0 Å². The third-order valence-corrected chi connectivity index (χ3v) is 4.41. The van der Waals surface area contributed by atoms with Crippen LogP contribution in [-0.2, 0) is 13.1 Å². The van der Waals surface area contributed by atoms with Gasteiger partial charge >= 0.3 is 0 Å². The van der Waals surface area contributed by atoms with E-state index in [1.807, 2.05) is 42.8 Å². The van der Waals surface area contributed by atoms with E-state index in [2.05, 4.69) is 15.4 Å². The Morgan fingerprint density at radius 1 is 1.41 bits per heavy atom. The van der Waals surface area contributed by atoms with Crippen molar-refractivity contribution in [3.05, 3.63) is 59.3 Å². The first-order chi connectivity index (χ1) is 13.0. The van der Waals surface area contributed by atoms with Gasteiger partial charge in [-0.2, -0.15) is 10.4 Å². The third kappa shape index (κ3) is 4.36. The summed E-state index contributed by atoms with van der Waals surface area (Å²) in [5, 5.41) is 16.8. The molecule has 7 nitrogen and oxygen atoms in total. The fourth-order valence-electron chi connectivity index (χ4n) is 2.66. The highest BCUT2D eigenvalue weighted by atomic mass is 35.5. The van der Waals surface area contributed by atoms with Crippen LogP contribution in [0.25, 0.3) is 11.3 Å². The van der Waals surface area contributed by atoms with Crippen LogP contribution in [0.5, 0.6) is 0 Å². The van der Waals surface area contributed by atoms with Crippen molar-refractivity contribution in [2.75, 3.05) is 0 Å². The van der Waals surface area contributed by atoms with Crippen molar-refractivity contribution in [3.8, 4) is 17.3 Å². The standard InChI is InChI=1S/C19H19ClN6O/c1-3-25-11-18(22-12-25)19(27)23-13(2)10-26-7-6-17(24-26)14-4-5-15(9-21)16(20)8-14/h4-8,11-13H,3,10H2,1-2H3,(H,23,27)/t13-/m0/s1. The van der Waals surface area contributed by atoms with E-state index in [1.54, 1.807) is 29.3 Å². The van der Waals surface area contributed by atoms with Crippen LogP contribution >= 0.6 is 11.6 Å². The second-order valence-corrected chi connectivity index (χ2v) is 6.60. The minimum absolute atomic E-state index is 0.124. The number of benzene rings is 1. The minimum atomic E-state index is -0.207. The molecule has 0 bridgehead atoms. The number of amides is 1. The Kier molecular flexibility index (Phi) is 5.57. The number of nitriles is 1. The first kappa shape index (κ1) is 18.7. The first-order valence-corrected chi connectivity index (χ1v) is 8.94. The molecule has 2 aromatic heterocycles. The normalized spacial score (nSPS) is 11.8. The second kappa shape index (κ2) is 8.06. The number of halogens is 1. The molecule has 1 aromatic carbocycles. The molecular formula is C19H19ClN6O. The van der Waals surface area contributed by atoms with Crippen molar-refractivity contribution in [2.45, 2.75) is 33.0 Å². The molecule has 0 aliphatic heterocycles. The molecule has 1 amide bonds. The van der Waals surface area contributed by atoms with Crippen molar-refractivity contribution in [2.24, 2.45) is 0 Å². The van der Waals surface area contributed by atoms with E-state index < -0.39 is 0 Å². The second-order valence-electron chi connectivity index (χ2n) is 6.19. The van der Waals surface area contributed by atoms with E-state index in [0.717, 1.165) is 17.8 Å². The number of nitrogens with one attached hydrogen (secondary N) is 1. The monoisotopic (exact) mass is 382 g/mol. The predicted octanol–water partition coefficient (Wildman–Crippen LogP) is 3.11. The molecule has 1 atom stereocenters. The summed E-state index contributed by atoms with van der Waals surface area (Å²) in [5.74, 6) is -0.207. The summed E-state index contributed by atoms with van der Waals surface area (Å²) in [4.78, 5) is 16.3. The van der Waals surface area contributed by atoms with Crippen LogP contribution in [-0.4, -0.2) is 31.3 Å². The van der Waals surface area contributed by atoms with Crippen LogP contribution in [0.2, 0.25) is 5.02 Å². The number of carbonyl (C=O) groups is 1. The van der Waals surface area contributed by atoms with Crippen LogP contribution in [0.3, 0.4) is 0 Å². The summed E-state index contributed by atoms with van der Waals surface area (Å²) in [5.41, 5.74) is 2.42. The highest BCUT2D eigenvalue weighted by molar-refractivity contribution is 6.32. The van der Waals surface area contributed by atoms with Crippen LogP contribution in [0.1, 0.15) is 29.9 Å². The van der Waals surface area contributed by atoms with E-state index >= 15 is 0 Å². The lowest BCUT2D eigenvalue weighted by Crippen LogP contribution is -2.36. The van der Waals surface area contributed by atoms with Gasteiger partial charge in [0.15, 0.2) is 0 Å². The topological polar surface area (TPSA) is 88.5 Å². The number of imidazole rings is 1. The van der Waals surface area contributed by atoms with Gasteiger partial charge in [0.2, 0.25) is 0 Å². The van der Waals surface area contributed by atoms with Gasteiger partial charge in [0.1, 0.15) is 11.8 Å². The number of nitrogens with zero attached hydrogens (tertiary/aromatic N) is 5. The average Bonchev–Trinajstić information content (AvgIpc) is 3.30. The molecule has 0 aliphatic rings. The van der Waals surface area contributed by atoms with E-state index in [4.69, 9.17) is 16.9 Å². The molecule has 0 fully saturated rings. The van der Waals surface area contributed by atoms with Gasteiger partial charge in [0.05, 0.1) is 29.2 Å². The summed E-state index contributed by atoms with van der Waals surface area (Å²) in [7, 11) is 0. The fourth-order valence-corrected chi connectivity index (χ4v) is 2.88. The van der Waals surface area contributed by atoms with Gasteiger partial charge < -0.3 is 9.88 Å². The van der Waals surface area contributed by atoms with Crippen LogP contribution < -0.4 is 5.32 Å². The van der Waals surface area contributed by atoms with Gasteiger partial charge in [-0.1, -0.05) is 17.7 Å². The number of hydrogen-bond donors (Lipinski definition) is 1. The fraction of sp³-hybridized carbons (Fsp3) is 0.263. The van der Waals surface area contributed by atoms with Gasteiger partial charge in [0, 0.05) is 30.5 Å². The lowest BCUT2D eigenvalue weighted by Gasteiger charge is -2.13. The Bertz CT molecular complexity index is 1000. The Balaban J connectivity index is 1.64. The molecule has 1 N–H and O–H groups in total. The maximum Gasteiger partial charge on any atom is 0.271 e. The summed E-state index contributed by atoms with van der Waals surface area (Å²) >= 11 is 6.09. The average molecular weight is 383 g/mol. The third-order valence-electron chi connectivity index (χ3n) is 4.10. The zero-order valence-electron chi connectivity index (χ0n) is 15.1. The van der Waals surface area contributed by atoms with Gasteiger partial charge in [0.25, 0.3) is 5.91 Å². The molecule has 2 heterocycles. The molecular weight excluding hydrogens is 364 g/mol. The lowest BCUT2D eigenvalue weighted by molar-refractivity contribution is 0.0931. The van der Waals surface area contributed by atoms with E-state index in [0.29, 0.717) is 22.8 Å². The van der Waals surface area contributed by atoms with Gasteiger partial charge in [-0.25, -0.2) is 4.98 Å². The Morgan fingerprint density at radius 2 is 2.22 bits per heavy atom. The largest absolute Gasteiger partial charge is 0.346 e. The molecule has 0 radical (unpaired) electrons. The predicted molar refractivity (Wildman–Crippen MR) is 102 cm³/mol. The van der Waals surface area contributed by atoms with Crippen molar-refractivity contribution < 1.29 is 4.79 Å². The van der Waals surface area contributed by atoms with Crippen molar-refractivity contribution in [1.29, 1.82) is 5.26 Å². The molecule has 3 aromatic rings. The summed E-state index contributed by atoms with van der Waals surface area (Å²) in [6.07, 6.45) is 5.21. The molecule has 0 saturated heterocycles. The Morgan fingerprint density at radius 3 is 2.89 bits per heavy atom. The minimum Gasteiger partial charge on any atom is -0.346 e. The molecule has 0 unspecified atom stereocenters. The van der Waals surface area contributed by atoms with Crippen molar-refractivity contribution in [3.63, 3.8) is 0 Å². The van der Waals surface area contributed by atoms with Crippen molar-refractivity contribution >= 4 is 17.5 Å². The zero-order valence-corrected chi connectivity index (χ0v) is 15.8. The number of aryl methyl sites for hydroxylation is 1. The highest BCUT2D eigenvalue weighted by Gasteiger charge is 2.14. The van der Waals surface area contributed by atoms with E-state index in [-0.39, 0.29) is 11.9 Å². The summed E-state index contributed by atoms with van der Waals surface area (Å²) < 4.78 is 3.61. The van der Waals surface area contributed by atoms with Gasteiger partial charge in [-0.3, -0.25) is 9.48 Å². The number of aromatic nitrogens is 4. The molecule has 3 rings (SSSR count). The molecule has 0 spiro atoms. The maximum atomic E-state index is 12.2. The molecule has 27 heavy (non-hydrogen) atoms. The van der Waals surface area contributed by atoms with Crippen LogP contribution in [0.4, 0.5) is 0 Å². The molecule has 0 aliphatic carbocycles. The Hall–Kier alpha value is -3.11. The molecule has 138 valence electrons. The summed E-state index contributed by atoms with van der Waals surface area (Å²) in [6, 6.07) is 9.00. The van der Waals surface area contributed by atoms with Crippen molar-refractivity contribution in [1.82, 2.24) is 24.6 Å². The molecule has 0 saturated carbocycles. The Labute approximate surface area is 162 Å². The SMILES string of the molecule is CCn1cnc(C(=O)N[C@@H](C)Cn2ccc(-c3ccc(C#N)c(Cl)c3)n2)c1. The van der Waals surface area contributed by atoms with Gasteiger partial charge in [-0.15, -0.1) is 0 Å². The number of hydrogen-bond acceptors (Lipinski definition) is 4. The first-order valence-electron chi connectivity index (χ1n) is 8.56. The van der Waals surface area contributed by atoms with Crippen LogP contribution in [0, 0.1) is 11.3 Å². The molecule has 8 heteroatoms. The highest BCUT2D eigenvalue weighted by Crippen LogP contribution is 2.24. The quantitative estimate of drug-likeness (QED) is 0.709. The number of carbonyl (C=O) groups excluding carboxylic acids is 1. The maximum absolute atomic E-state index is 12.2. The number of rotatable bonds is 6. The smallest absolute Gasteiger partial charge is 0.271 e. The van der Waals surface area contributed by atoms with E-state index in [1.165, 1.54) is 0 Å². The van der Waals surface area contributed by atoms with Crippen LogP contribution in [0.15, 0.2) is 43.0 Å². The zero-order chi connectivity index (χ0) is 19.4.